The molecule has 1 aromatic carbocycles. The lowest BCUT2D eigenvalue weighted by Gasteiger charge is -2.11. The summed E-state index contributed by atoms with van der Waals surface area (Å²) in [4.78, 5) is 34.8. The van der Waals surface area contributed by atoms with Gasteiger partial charge in [-0.3, -0.25) is 19.7 Å². The number of thiophene rings is 1. The molecule has 2 aromatic rings. The minimum Gasteiger partial charge on any atom is -0.481 e. The van der Waals surface area contributed by atoms with Crippen LogP contribution in [0.25, 0.3) is 0 Å². The molecular weight excluding hydrogens is 377 g/mol. The average Bonchev–Trinajstić information content (AvgIpc) is 2.98. The molecule has 0 aliphatic heterocycles. The summed E-state index contributed by atoms with van der Waals surface area (Å²) < 4.78 is 18.9. The Morgan fingerprint density at radius 3 is 2.74 bits per heavy atom. The van der Waals surface area contributed by atoms with Gasteiger partial charge in [0.2, 0.25) is 0 Å². The molecule has 3 N–H and O–H groups in total. The van der Waals surface area contributed by atoms with Gasteiger partial charge in [0.25, 0.3) is 17.5 Å². The van der Waals surface area contributed by atoms with Gasteiger partial charge in [0.05, 0.1) is 16.6 Å². The lowest BCUT2D eigenvalue weighted by Crippen LogP contribution is -2.22. The molecule has 27 heavy (non-hydrogen) atoms. The first-order valence-electron chi connectivity index (χ1n) is 8.17. The van der Waals surface area contributed by atoms with E-state index in [2.05, 4.69) is 5.32 Å². The summed E-state index contributed by atoms with van der Waals surface area (Å²) in [5.74, 6) is -2.42. The lowest BCUT2D eigenvalue weighted by atomic mass is 9.95. The molecule has 0 fully saturated rings. The zero-order chi connectivity index (χ0) is 19.6. The number of ether oxygens (including phenoxy) is 1. The summed E-state index contributed by atoms with van der Waals surface area (Å²) in [7, 11) is 0. The molecule has 0 spiro atoms. The zero-order valence-corrected chi connectivity index (χ0v) is 14.9. The van der Waals surface area contributed by atoms with Crippen LogP contribution in [0.1, 0.15) is 33.6 Å². The van der Waals surface area contributed by atoms with Crippen molar-refractivity contribution in [2.45, 2.75) is 25.7 Å². The van der Waals surface area contributed by atoms with E-state index in [1.165, 1.54) is 11.3 Å². The topological polar surface area (TPSA) is 125 Å². The van der Waals surface area contributed by atoms with E-state index in [9.17, 15) is 24.1 Å². The molecule has 142 valence electrons. The number of non-ortho nitro benzene ring substituents is 1. The number of benzene rings is 1. The number of nitrogens with one attached hydrogen (secondary N) is 1. The Hall–Kier alpha value is -3.01. The number of anilines is 1. The molecule has 10 heteroatoms. The van der Waals surface area contributed by atoms with E-state index >= 15 is 0 Å². The summed E-state index contributed by atoms with van der Waals surface area (Å²) in [5, 5.41) is 13.6. The van der Waals surface area contributed by atoms with Crippen molar-refractivity contribution in [3.8, 4) is 5.75 Å². The fourth-order valence-corrected chi connectivity index (χ4v) is 4.25. The van der Waals surface area contributed by atoms with E-state index in [1.807, 2.05) is 0 Å². The molecule has 0 atom stereocenters. The summed E-state index contributed by atoms with van der Waals surface area (Å²) in [6, 6.07) is 2.88. The number of amides is 2. The highest BCUT2D eigenvalue weighted by Gasteiger charge is 2.25. The number of fused-ring (bicyclic) bond motifs is 1. The van der Waals surface area contributed by atoms with Crippen LogP contribution in [0.2, 0.25) is 0 Å². The first kappa shape index (κ1) is 18.8. The van der Waals surface area contributed by atoms with Crippen LogP contribution in [0, 0.1) is 15.9 Å². The predicted octanol–water partition coefficient (Wildman–Crippen LogP) is 2.79. The Morgan fingerprint density at radius 2 is 2.07 bits per heavy atom. The van der Waals surface area contributed by atoms with Crippen molar-refractivity contribution in [3.05, 3.63) is 50.1 Å². The van der Waals surface area contributed by atoms with Crippen LogP contribution >= 0.6 is 11.3 Å². The van der Waals surface area contributed by atoms with Gasteiger partial charge in [-0.15, -0.1) is 11.3 Å². The maximum Gasteiger partial charge on any atom is 0.272 e. The third-order valence-electron chi connectivity index (χ3n) is 4.16. The van der Waals surface area contributed by atoms with E-state index in [4.69, 9.17) is 10.5 Å². The Bertz CT molecular complexity index is 928. The number of nitro groups is 1. The number of halogens is 1. The number of nitrogens with zero attached hydrogens (tertiary/aromatic N) is 1. The number of aryl methyl sites for hydroxylation is 1. The van der Waals surface area contributed by atoms with Gasteiger partial charge in [-0.05, 0) is 37.3 Å². The Kier molecular flexibility index (Phi) is 5.36. The molecule has 1 aliphatic carbocycles. The van der Waals surface area contributed by atoms with Crippen molar-refractivity contribution in [1.82, 2.24) is 0 Å². The molecule has 0 saturated heterocycles. The van der Waals surface area contributed by atoms with Crippen LogP contribution in [0.3, 0.4) is 0 Å². The van der Waals surface area contributed by atoms with Crippen LogP contribution in [-0.2, 0) is 17.6 Å². The highest BCUT2D eigenvalue weighted by Crippen LogP contribution is 2.37. The van der Waals surface area contributed by atoms with E-state index in [1.54, 1.807) is 0 Å². The molecular formula is C17H16FN3O5S. The van der Waals surface area contributed by atoms with Crippen molar-refractivity contribution in [1.29, 1.82) is 0 Å². The quantitative estimate of drug-likeness (QED) is 0.577. The van der Waals surface area contributed by atoms with Gasteiger partial charge in [0, 0.05) is 10.9 Å². The lowest BCUT2D eigenvalue weighted by molar-refractivity contribution is -0.385. The molecule has 0 bridgehead atoms. The number of hydrogen-bond donors (Lipinski definition) is 2. The van der Waals surface area contributed by atoms with Crippen LogP contribution in [0.5, 0.6) is 5.75 Å². The zero-order valence-electron chi connectivity index (χ0n) is 14.1. The number of hydrogen-bond acceptors (Lipinski definition) is 6. The SMILES string of the molecule is NC(=O)c1c(NC(=O)COc2ccc([N+](=O)[O-])cc2F)sc2c1CCCC2. The third-order valence-corrected chi connectivity index (χ3v) is 5.36. The fourth-order valence-electron chi connectivity index (χ4n) is 2.94. The first-order valence-corrected chi connectivity index (χ1v) is 8.99. The second kappa shape index (κ2) is 7.70. The highest BCUT2D eigenvalue weighted by molar-refractivity contribution is 7.17. The monoisotopic (exact) mass is 393 g/mol. The molecule has 3 rings (SSSR count). The fraction of sp³-hybridized carbons (Fsp3) is 0.294. The minimum absolute atomic E-state index is 0.281. The number of primary amides is 1. The van der Waals surface area contributed by atoms with Gasteiger partial charge in [0.15, 0.2) is 18.2 Å². The Morgan fingerprint density at radius 1 is 1.33 bits per heavy atom. The summed E-state index contributed by atoms with van der Waals surface area (Å²) >= 11 is 1.31. The number of carbonyl (C=O) groups is 2. The predicted molar refractivity (Wildman–Crippen MR) is 96.7 cm³/mol. The summed E-state index contributed by atoms with van der Waals surface area (Å²) in [6.07, 6.45) is 3.55. The average molecular weight is 393 g/mol. The van der Waals surface area contributed by atoms with Gasteiger partial charge in [-0.2, -0.15) is 0 Å². The van der Waals surface area contributed by atoms with Gasteiger partial charge in [-0.1, -0.05) is 0 Å². The van der Waals surface area contributed by atoms with Crippen LogP contribution < -0.4 is 15.8 Å². The minimum atomic E-state index is -0.943. The standard InChI is InChI=1S/C17H16FN3O5S/c18-11-7-9(21(24)25)5-6-12(11)26-8-14(22)20-17-15(16(19)23)10-3-1-2-4-13(10)27-17/h5-7H,1-4,8H2,(H2,19,23)(H,20,22). The Labute approximate surface area is 157 Å². The normalized spacial score (nSPS) is 12.9. The maximum absolute atomic E-state index is 13.8. The van der Waals surface area contributed by atoms with Crippen molar-refractivity contribution in [2.24, 2.45) is 5.73 Å². The van der Waals surface area contributed by atoms with E-state index in [0.717, 1.165) is 48.3 Å². The molecule has 1 heterocycles. The van der Waals surface area contributed by atoms with E-state index in [-0.39, 0.29) is 5.75 Å². The number of carbonyl (C=O) groups excluding carboxylic acids is 2. The molecule has 0 saturated carbocycles. The highest BCUT2D eigenvalue weighted by atomic mass is 32.1. The van der Waals surface area contributed by atoms with Crippen molar-refractivity contribution >= 4 is 33.8 Å². The third kappa shape index (κ3) is 4.05. The number of rotatable bonds is 6. The van der Waals surface area contributed by atoms with Gasteiger partial charge < -0.3 is 15.8 Å². The summed E-state index contributed by atoms with van der Waals surface area (Å²) in [5.41, 5.74) is 6.25. The van der Waals surface area contributed by atoms with Gasteiger partial charge >= 0.3 is 0 Å². The molecule has 2 amide bonds. The van der Waals surface area contributed by atoms with Crippen molar-refractivity contribution < 1.29 is 23.6 Å². The molecule has 8 nitrogen and oxygen atoms in total. The molecule has 0 unspecified atom stereocenters. The van der Waals surface area contributed by atoms with Crippen molar-refractivity contribution in [2.75, 3.05) is 11.9 Å². The molecule has 0 radical (unpaired) electrons. The second-order valence-electron chi connectivity index (χ2n) is 5.99. The maximum atomic E-state index is 13.8. The largest absolute Gasteiger partial charge is 0.481 e. The van der Waals surface area contributed by atoms with Crippen LogP contribution in [0.4, 0.5) is 15.1 Å². The number of nitrogens with two attached hydrogens (primary N) is 1. The van der Waals surface area contributed by atoms with E-state index < -0.39 is 34.8 Å². The van der Waals surface area contributed by atoms with Crippen LogP contribution in [-0.4, -0.2) is 23.3 Å². The molecule has 1 aliphatic rings. The van der Waals surface area contributed by atoms with Gasteiger partial charge in [-0.25, -0.2) is 4.39 Å². The molecule has 1 aromatic heterocycles. The Balaban J connectivity index is 1.69. The second-order valence-corrected chi connectivity index (χ2v) is 7.09. The summed E-state index contributed by atoms with van der Waals surface area (Å²) in [6.45, 7) is -0.518. The smallest absolute Gasteiger partial charge is 0.272 e. The van der Waals surface area contributed by atoms with Crippen LogP contribution in [0.15, 0.2) is 18.2 Å². The number of nitro benzene ring substituents is 1. The van der Waals surface area contributed by atoms with Crippen molar-refractivity contribution in [3.63, 3.8) is 0 Å². The first-order chi connectivity index (χ1) is 12.9. The van der Waals surface area contributed by atoms with E-state index in [0.29, 0.717) is 16.6 Å². The van der Waals surface area contributed by atoms with Gasteiger partial charge in [0.1, 0.15) is 5.00 Å².